The van der Waals surface area contributed by atoms with Gasteiger partial charge in [0.15, 0.2) is 0 Å². The minimum atomic E-state index is -1.24. The number of carboxylic acid groups (broad SMARTS) is 1. The first-order chi connectivity index (χ1) is 6.66. The molecule has 0 aromatic heterocycles. The predicted molar refractivity (Wildman–Crippen MR) is 45.9 cm³/mol. The molecular formula is C9H5NO4. The summed E-state index contributed by atoms with van der Waals surface area (Å²) in [6.07, 6.45) is 1.06. The first-order valence-electron chi connectivity index (χ1n) is 3.61. The van der Waals surface area contributed by atoms with Crippen LogP contribution in [-0.2, 0) is 4.79 Å². The van der Waals surface area contributed by atoms with Crippen LogP contribution in [0.3, 0.4) is 0 Å². The van der Waals surface area contributed by atoms with Crippen LogP contribution < -0.4 is 0 Å². The lowest BCUT2D eigenvalue weighted by molar-refractivity contribution is 0.0692. The molecule has 5 nitrogen and oxygen atoms in total. The van der Waals surface area contributed by atoms with Gasteiger partial charge in [0.1, 0.15) is 0 Å². The summed E-state index contributed by atoms with van der Waals surface area (Å²) in [7, 11) is 0. The first-order valence-corrected chi connectivity index (χ1v) is 3.61. The van der Waals surface area contributed by atoms with Gasteiger partial charge < -0.3 is 5.11 Å². The highest BCUT2D eigenvalue weighted by Crippen LogP contribution is 2.09. The molecule has 1 N–H and O–H groups in total. The van der Waals surface area contributed by atoms with Gasteiger partial charge in [0, 0.05) is 0 Å². The van der Waals surface area contributed by atoms with Gasteiger partial charge in [-0.2, -0.15) is 0 Å². The summed E-state index contributed by atoms with van der Waals surface area (Å²) in [5.74, 6) is -2.15. The number of aliphatic imine (C=N–C) groups is 1. The van der Waals surface area contributed by atoms with Crippen LogP contribution in [0.25, 0.3) is 0 Å². The largest absolute Gasteiger partial charge is 0.478 e. The van der Waals surface area contributed by atoms with E-state index in [0.717, 1.165) is 6.08 Å². The normalized spacial score (nSPS) is 8.86. The van der Waals surface area contributed by atoms with E-state index in [4.69, 9.17) is 5.11 Å². The number of benzene rings is 1. The van der Waals surface area contributed by atoms with Gasteiger partial charge in [-0.15, -0.1) is 4.99 Å². The van der Waals surface area contributed by atoms with E-state index in [0.29, 0.717) is 0 Å². The zero-order chi connectivity index (χ0) is 10.6. The molecular weight excluding hydrogens is 186 g/mol. The fraction of sp³-hybridized carbons (Fsp3) is 0. The first kappa shape index (κ1) is 9.83. The highest BCUT2D eigenvalue weighted by Gasteiger charge is 2.14. The molecule has 70 valence electrons. The van der Waals surface area contributed by atoms with Gasteiger partial charge in [0.25, 0.3) is 5.91 Å². The SMILES string of the molecule is O=C=NC(=O)c1ccccc1C(=O)O. The van der Waals surface area contributed by atoms with Crippen LogP contribution in [0.2, 0.25) is 0 Å². The zero-order valence-electron chi connectivity index (χ0n) is 6.93. The number of isocyanates is 1. The standard InChI is InChI=1S/C9H5NO4/c11-5-10-8(12)6-3-1-2-4-7(6)9(13)14/h1-4H,(H,13,14). The third-order valence-corrected chi connectivity index (χ3v) is 1.54. The fourth-order valence-corrected chi connectivity index (χ4v) is 0.958. The van der Waals surface area contributed by atoms with Crippen molar-refractivity contribution >= 4 is 18.0 Å². The second kappa shape index (κ2) is 4.11. The van der Waals surface area contributed by atoms with Crippen LogP contribution in [0.1, 0.15) is 20.7 Å². The molecule has 0 saturated carbocycles. The van der Waals surface area contributed by atoms with Gasteiger partial charge in [-0.1, -0.05) is 12.1 Å². The molecule has 0 aliphatic rings. The Labute approximate surface area is 78.7 Å². The smallest absolute Gasteiger partial charge is 0.336 e. The van der Waals surface area contributed by atoms with Gasteiger partial charge in [-0.05, 0) is 12.1 Å². The summed E-state index contributed by atoms with van der Waals surface area (Å²) in [6.45, 7) is 0. The second-order valence-corrected chi connectivity index (χ2v) is 2.36. The van der Waals surface area contributed by atoms with Crippen molar-refractivity contribution < 1.29 is 19.5 Å². The van der Waals surface area contributed by atoms with E-state index in [-0.39, 0.29) is 11.1 Å². The Morgan fingerprint density at radius 3 is 2.29 bits per heavy atom. The maximum Gasteiger partial charge on any atom is 0.336 e. The van der Waals surface area contributed by atoms with Crippen molar-refractivity contribution in [2.45, 2.75) is 0 Å². The molecule has 0 aliphatic carbocycles. The molecule has 0 aliphatic heterocycles. The Kier molecular flexibility index (Phi) is 2.89. The number of aromatic carboxylic acids is 1. The number of amides is 1. The maximum atomic E-state index is 11.1. The number of nitrogens with zero attached hydrogens (tertiary/aromatic N) is 1. The molecule has 0 unspecified atom stereocenters. The summed E-state index contributed by atoms with van der Waals surface area (Å²) in [5.41, 5.74) is -0.306. The Morgan fingerprint density at radius 2 is 1.79 bits per heavy atom. The third kappa shape index (κ3) is 1.91. The van der Waals surface area contributed by atoms with Crippen LogP contribution >= 0.6 is 0 Å². The molecule has 0 heterocycles. The summed E-state index contributed by atoms with van der Waals surface area (Å²) in [5, 5.41) is 8.69. The minimum absolute atomic E-state index is 0.122. The van der Waals surface area contributed by atoms with Crippen LogP contribution in [0.4, 0.5) is 0 Å². The van der Waals surface area contributed by atoms with Crippen molar-refractivity contribution in [1.82, 2.24) is 0 Å². The lowest BCUT2D eigenvalue weighted by Gasteiger charge is -1.98. The molecule has 1 rings (SSSR count). The Morgan fingerprint density at radius 1 is 1.21 bits per heavy atom. The lowest BCUT2D eigenvalue weighted by atomic mass is 10.1. The Bertz CT molecular complexity index is 432. The molecule has 0 atom stereocenters. The summed E-state index contributed by atoms with van der Waals surface area (Å²) < 4.78 is 0. The van der Waals surface area contributed by atoms with Crippen molar-refractivity contribution in [2.75, 3.05) is 0 Å². The lowest BCUT2D eigenvalue weighted by Crippen LogP contribution is -2.06. The number of carbonyl (C=O) groups excluding carboxylic acids is 2. The van der Waals surface area contributed by atoms with E-state index in [1.807, 2.05) is 0 Å². The van der Waals surface area contributed by atoms with Crippen LogP contribution in [0.5, 0.6) is 0 Å². The van der Waals surface area contributed by atoms with Gasteiger partial charge in [0.05, 0.1) is 11.1 Å². The van der Waals surface area contributed by atoms with E-state index in [1.54, 1.807) is 0 Å². The number of hydrogen-bond donors (Lipinski definition) is 1. The van der Waals surface area contributed by atoms with E-state index in [2.05, 4.69) is 4.99 Å². The Balaban J connectivity index is 3.26. The number of hydrogen-bond acceptors (Lipinski definition) is 3. The van der Waals surface area contributed by atoms with E-state index in [1.165, 1.54) is 24.3 Å². The molecule has 0 spiro atoms. The molecule has 1 aromatic carbocycles. The summed E-state index contributed by atoms with van der Waals surface area (Å²) >= 11 is 0. The quantitative estimate of drug-likeness (QED) is 0.555. The van der Waals surface area contributed by atoms with Crippen molar-refractivity contribution in [3.05, 3.63) is 35.4 Å². The fourth-order valence-electron chi connectivity index (χ4n) is 0.958. The maximum absolute atomic E-state index is 11.1. The van der Waals surface area contributed by atoms with E-state index in [9.17, 15) is 14.4 Å². The van der Waals surface area contributed by atoms with Crippen LogP contribution in [-0.4, -0.2) is 23.1 Å². The molecule has 0 radical (unpaired) electrons. The van der Waals surface area contributed by atoms with Crippen molar-refractivity contribution in [1.29, 1.82) is 0 Å². The third-order valence-electron chi connectivity index (χ3n) is 1.54. The average molecular weight is 191 g/mol. The molecule has 0 bridgehead atoms. The van der Waals surface area contributed by atoms with E-state index >= 15 is 0 Å². The highest BCUT2D eigenvalue weighted by atomic mass is 16.4. The molecule has 1 aromatic rings. The number of carbonyl (C=O) groups is 2. The van der Waals surface area contributed by atoms with Gasteiger partial charge in [-0.3, -0.25) is 4.79 Å². The van der Waals surface area contributed by atoms with Gasteiger partial charge >= 0.3 is 5.97 Å². The monoisotopic (exact) mass is 191 g/mol. The summed E-state index contributed by atoms with van der Waals surface area (Å²) in [6, 6.07) is 5.51. The minimum Gasteiger partial charge on any atom is -0.478 e. The number of carboxylic acids is 1. The van der Waals surface area contributed by atoms with Gasteiger partial charge in [0.2, 0.25) is 6.08 Å². The van der Waals surface area contributed by atoms with Gasteiger partial charge in [-0.25, -0.2) is 9.59 Å². The Hall–Kier alpha value is -2.26. The molecule has 14 heavy (non-hydrogen) atoms. The summed E-state index contributed by atoms with van der Waals surface area (Å²) in [4.78, 5) is 34.4. The predicted octanol–water partition coefficient (Wildman–Crippen LogP) is 0.861. The van der Waals surface area contributed by atoms with Crippen LogP contribution in [0.15, 0.2) is 29.3 Å². The number of rotatable bonds is 2. The zero-order valence-corrected chi connectivity index (χ0v) is 6.93. The van der Waals surface area contributed by atoms with Crippen molar-refractivity contribution in [3.63, 3.8) is 0 Å². The highest BCUT2D eigenvalue weighted by molar-refractivity contribution is 6.06. The molecule has 0 fully saturated rings. The van der Waals surface area contributed by atoms with Crippen molar-refractivity contribution in [2.24, 2.45) is 4.99 Å². The van der Waals surface area contributed by atoms with Crippen molar-refractivity contribution in [3.8, 4) is 0 Å². The molecule has 1 amide bonds. The molecule has 5 heteroatoms. The second-order valence-electron chi connectivity index (χ2n) is 2.36. The van der Waals surface area contributed by atoms with Crippen LogP contribution in [0, 0.1) is 0 Å². The molecule has 0 saturated heterocycles. The average Bonchev–Trinajstić information content (AvgIpc) is 2.18. The van der Waals surface area contributed by atoms with E-state index < -0.39 is 11.9 Å². The topological polar surface area (TPSA) is 83.8 Å².